The van der Waals surface area contributed by atoms with Gasteiger partial charge in [-0.15, -0.1) is 5.10 Å². The van der Waals surface area contributed by atoms with Crippen LogP contribution in [0.15, 0.2) is 30.6 Å². The Hall–Kier alpha value is -2.28. The van der Waals surface area contributed by atoms with E-state index in [2.05, 4.69) is 26.3 Å². The van der Waals surface area contributed by atoms with Crippen molar-refractivity contribution in [2.75, 3.05) is 26.2 Å². The second-order valence-electron chi connectivity index (χ2n) is 7.29. The number of nitrogens with zero attached hydrogens (tertiary/aromatic N) is 6. The number of carbonyl (C=O) groups excluding carboxylic acids is 1. The van der Waals surface area contributed by atoms with E-state index in [-0.39, 0.29) is 11.9 Å². The lowest BCUT2D eigenvalue weighted by atomic mass is 10.1. The van der Waals surface area contributed by atoms with Gasteiger partial charge in [0.15, 0.2) is 5.69 Å². The molecule has 2 aliphatic heterocycles. The minimum absolute atomic E-state index is 0.0251. The van der Waals surface area contributed by atoms with E-state index in [1.54, 1.807) is 0 Å². The fourth-order valence-corrected chi connectivity index (χ4v) is 3.92. The number of piperidine rings is 2. The van der Waals surface area contributed by atoms with Gasteiger partial charge in [-0.25, -0.2) is 4.68 Å². The highest BCUT2D eigenvalue weighted by Gasteiger charge is 2.25. The highest BCUT2D eigenvalue weighted by Crippen LogP contribution is 2.22. The van der Waals surface area contributed by atoms with Crippen molar-refractivity contribution in [2.24, 2.45) is 0 Å². The molecule has 0 radical (unpaired) electrons. The van der Waals surface area contributed by atoms with Crippen LogP contribution >= 0.6 is 0 Å². The molecular weight excluding hydrogens is 328 g/mol. The molecule has 2 fully saturated rings. The number of hydrogen-bond donors (Lipinski definition) is 0. The number of likely N-dealkylation sites (tertiary alicyclic amines) is 2. The summed E-state index contributed by atoms with van der Waals surface area (Å²) in [7, 11) is 0. The Labute approximate surface area is 154 Å². The first-order valence-electron chi connectivity index (χ1n) is 9.63. The van der Waals surface area contributed by atoms with Gasteiger partial charge in [0, 0.05) is 32.4 Å². The van der Waals surface area contributed by atoms with Crippen LogP contribution in [0.3, 0.4) is 0 Å². The van der Waals surface area contributed by atoms with E-state index < -0.39 is 0 Å². The molecule has 2 aromatic heterocycles. The van der Waals surface area contributed by atoms with E-state index in [1.807, 2.05) is 34.1 Å². The molecule has 0 N–H and O–H groups in total. The summed E-state index contributed by atoms with van der Waals surface area (Å²) in [5, 5.41) is 8.44. The topological polar surface area (TPSA) is 67.2 Å². The Morgan fingerprint density at radius 3 is 2.81 bits per heavy atom. The molecule has 7 heteroatoms. The number of carbonyl (C=O) groups is 1. The summed E-state index contributed by atoms with van der Waals surface area (Å²) in [4.78, 5) is 21.3. The third-order valence-corrected chi connectivity index (χ3v) is 5.34. The summed E-state index contributed by atoms with van der Waals surface area (Å²) in [6, 6.07) is 6.30. The molecule has 4 heterocycles. The quantitative estimate of drug-likeness (QED) is 0.841. The average Bonchev–Trinajstić information content (AvgIpc) is 3.19. The van der Waals surface area contributed by atoms with E-state index in [0.29, 0.717) is 5.69 Å². The summed E-state index contributed by atoms with van der Waals surface area (Å²) >= 11 is 0. The molecule has 0 bridgehead atoms. The molecule has 0 spiro atoms. The number of aromatic nitrogens is 4. The van der Waals surface area contributed by atoms with Crippen molar-refractivity contribution in [3.05, 3.63) is 42.0 Å². The maximum atomic E-state index is 12.6. The molecule has 1 amide bonds. The van der Waals surface area contributed by atoms with Crippen LogP contribution in [0.5, 0.6) is 0 Å². The van der Waals surface area contributed by atoms with Gasteiger partial charge in [-0.2, -0.15) is 0 Å². The SMILES string of the molecule is O=C(c1cn(C2CCCN(Cc3ccccn3)C2)nn1)N1CCCCC1. The van der Waals surface area contributed by atoms with Crippen LogP contribution in [0.25, 0.3) is 0 Å². The first-order chi connectivity index (χ1) is 12.8. The van der Waals surface area contributed by atoms with Crippen LogP contribution < -0.4 is 0 Å². The summed E-state index contributed by atoms with van der Waals surface area (Å²) in [6.07, 6.45) is 9.26. The zero-order valence-corrected chi connectivity index (χ0v) is 15.1. The largest absolute Gasteiger partial charge is 0.337 e. The highest BCUT2D eigenvalue weighted by atomic mass is 16.2. The Bertz CT molecular complexity index is 725. The molecule has 2 saturated heterocycles. The van der Waals surface area contributed by atoms with Gasteiger partial charge >= 0.3 is 0 Å². The van der Waals surface area contributed by atoms with Crippen molar-refractivity contribution >= 4 is 5.91 Å². The minimum atomic E-state index is 0.0251. The lowest BCUT2D eigenvalue weighted by Crippen LogP contribution is -2.36. The maximum Gasteiger partial charge on any atom is 0.276 e. The molecule has 0 saturated carbocycles. The number of rotatable bonds is 4. The smallest absolute Gasteiger partial charge is 0.276 e. The van der Waals surface area contributed by atoms with Crippen molar-refractivity contribution in [3.63, 3.8) is 0 Å². The fourth-order valence-electron chi connectivity index (χ4n) is 3.92. The molecule has 2 aliphatic rings. The number of hydrogen-bond acceptors (Lipinski definition) is 5. The van der Waals surface area contributed by atoms with Gasteiger partial charge in [0.25, 0.3) is 5.91 Å². The predicted molar refractivity (Wildman–Crippen MR) is 97.6 cm³/mol. The molecule has 0 aromatic carbocycles. The molecule has 7 nitrogen and oxygen atoms in total. The Kier molecular flexibility index (Phi) is 5.24. The first kappa shape index (κ1) is 17.1. The van der Waals surface area contributed by atoms with Crippen LogP contribution in [0.1, 0.15) is 54.3 Å². The summed E-state index contributed by atoms with van der Waals surface area (Å²) < 4.78 is 1.89. The molecule has 1 atom stereocenters. The monoisotopic (exact) mass is 354 g/mol. The van der Waals surface area contributed by atoms with Crippen LogP contribution in [-0.2, 0) is 6.54 Å². The lowest BCUT2D eigenvalue weighted by molar-refractivity contribution is 0.0718. The van der Waals surface area contributed by atoms with Gasteiger partial charge in [0.2, 0.25) is 0 Å². The molecule has 4 rings (SSSR count). The van der Waals surface area contributed by atoms with Crippen molar-refractivity contribution < 1.29 is 4.79 Å². The first-order valence-corrected chi connectivity index (χ1v) is 9.63. The van der Waals surface area contributed by atoms with Crippen LogP contribution in [0.2, 0.25) is 0 Å². The van der Waals surface area contributed by atoms with Crippen LogP contribution in [0, 0.1) is 0 Å². The lowest BCUT2D eigenvalue weighted by Gasteiger charge is -2.32. The molecule has 26 heavy (non-hydrogen) atoms. The predicted octanol–water partition coefficient (Wildman–Crippen LogP) is 2.14. The molecule has 138 valence electrons. The van der Waals surface area contributed by atoms with Crippen molar-refractivity contribution in [1.29, 1.82) is 0 Å². The second-order valence-corrected chi connectivity index (χ2v) is 7.29. The van der Waals surface area contributed by atoms with Gasteiger partial charge in [-0.1, -0.05) is 11.3 Å². The average molecular weight is 354 g/mol. The molecule has 2 aromatic rings. The van der Waals surface area contributed by atoms with E-state index in [0.717, 1.165) is 64.1 Å². The summed E-state index contributed by atoms with van der Waals surface area (Å²) in [5.41, 5.74) is 1.57. The number of pyridine rings is 1. The van der Waals surface area contributed by atoms with Gasteiger partial charge in [-0.3, -0.25) is 14.7 Å². The zero-order chi connectivity index (χ0) is 17.8. The van der Waals surface area contributed by atoms with Crippen molar-refractivity contribution in [3.8, 4) is 0 Å². The van der Waals surface area contributed by atoms with Gasteiger partial charge < -0.3 is 4.90 Å². The normalized spacial score (nSPS) is 21.7. The third kappa shape index (κ3) is 3.93. The third-order valence-electron chi connectivity index (χ3n) is 5.34. The second kappa shape index (κ2) is 7.95. The van der Waals surface area contributed by atoms with Gasteiger partial charge in [0.1, 0.15) is 0 Å². The fraction of sp³-hybridized carbons (Fsp3) is 0.579. The summed E-state index contributed by atoms with van der Waals surface area (Å²) in [6.45, 7) is 4.52. The maximum absolute atomic E-state index is 12.6. The highest BCUT2D eigenvalue weighted by molar-refractivity contribution is 5.91. The van der Waals surface area contributed by atoms with Crippen molar-refractivity contribution in [2.45, 2.75) is 44.7 Å². The van der Waals surface area contributed by atoms with Gasteiger partial charge in [-0.05, 0) is 50.8 Å². The van der Waals surface area contributed by atoms with E-state index in [4.69, 9.17) is 0 Å². The number of amides is 1. The molecule has 0 aliphatic carbocycles. The minimum Gasteiger partial charge on any atom is -0.337 e. The Balaban J connectivity index is 1.39. The Morgan fingerprint density at radius 2 is 2.00 bits per heavy atom. The summed E-state index contributed by atoms with van der Waals surface area (Å²) in [5.74, 6) is 0.0251. The zero-order valence-electron chi connectivity index (χ0n) is 15.1. The van der Waals surface area contributed by atoms with Crippen LogP contribution in [-0.4, -0.2) is 61.9 Å². The van der Waals surface area contributed by atoms with Gasteiger partial charge in [0.05, 0.1) is 17.9 Å². The van der Waals surface area contributed by atoms with Crippen molar-refractivity contribution in [1.82, 2.24) is 29.8 Å². The standard InChI is InChI=1S/C19H26N6O/c26-19(24-11-4-1-5-12-24)18-15-25(22-21-18)17-8-6-10-23(14-17)13-16-7-2-3-9-20-16/h2-3,7,9,15,17H,1,4-6,8,10-14H2. The van der Waals surface area contributed by atoms with E-state index >= 15 is 0 Å². The van der Waals surface area contributed by atoms with E-state index in [1.165, 1.54) is 6.42 Å². The van der Waals surface area contributed by atoms with E-state index in [9.17, 15) is 4.79 Å². The molecular formula is C19H26N6O. The molecule has 1 unspecified atom stereocenters. The Morgan fingerprint density at radius 1 is 1.12 bits per heavy atom. The van der Waals surface area contributed by atoms with Crippen LogP contribution in [0.4, 0.5) is 0 Å².